The second-order valence-electron chi connectivity index (χ2n) is 5.36. The van der Waals surface area contributed by atoms with Crippen LogP contribution in [0.4, 0.5) is 0 Å². The Kier molecular flexibility index (Phi) is 2.70. The minimum atomic E-state index is 0.908. The van der Waals surface area contributed by atoms with Gasteiger partial charge in [-0.2, -0.15) is 0 Å². The molecule has 0 spiro atoms. The molecule has 0 unspecified atom stereocenters. The molecule has 2 aliphatic heterocycles. The van der Waals surface area contributed by atoms with E-state index in [0.717, 1.165) is 18.4 Å². The predicted octanol–water partition coefficient (Wildman–Crippen LogP) is 1.65. The zero-order chi connectivity index (χ0) is 11.0. The molecule has 3 rings (SSSR count). The summed E-state index contributed by atoms with van der Waals surface area (Å²) in [5.74, 6) is 1.82. The van der Waals surface area contributed by atoms with Gasteiger partial charge in [-0.1, -0.05) is 29.8 Å². The van der Waals surface area contributed by atoms with Crippen molar-refractivity contribution in [2.45, 2.75) is 13.5 Å². The maximum atomic E-state index is 3.49. The van der Waals surface area contributed by atoms with Gasteiger partial charge in [-0.05, 0) is 37.4 Å². The van der Waals surface area contributed by atoms with E-state index in [-0.39, 0.29) is 0 Å². The molecule has 0 amide bonds. The van der Waals surface area contributed by atoms with Crippen LogP contribution in [-0.4, -0.2) is 31.1 Å². The molecule has 2 saturated heterocycles. The standard InChI is InChI=1S/C14H20N2/c1-11-2-4-12(5-3-11)8-16-9-13-6-15-7-14(13)10-16/h2-5,13-15H,6-10H2,1H3/t13-,14-/m1/s1. The van der Waals surface area contributed by atoms with Crippen molar-refractivity contribution in [3.05, 3.63) is 35.4 Å². The lowest BCUT2D eigenvalue weighted by atomic mass is 10.0. The van der Waals surface area contributed by atoms with Crippen LogP contribution in [-0.2, 0) is 6.54 Å². The van der Waals surface area contributed by atoms with Crippen LogP contribution in [0.25, 0.3) is 0 Å². The van der Waals surface area contributed by atoms with E-state index in [4.69, 9.17) is 0 Å². The summed E-state index contributed by atoms with van der Waals surface area (Å²) in [4.78, 5) is 2.61. The predicted molar refractivity (Wildman–Crippen MR) is 66.3 cm³/mol. The maximum absolute atomic E-state index is 3.49. The molecule has 1 N–H and O–H groups in total. The van der Waals surface area contributed by atoms with E-state index in [9.17, 15) is 0 Å². The molecule has 2 atom stereocenters. The summed E-state index contributed by atoms with van der Waals surface area (Å²) in [5.41, 5.74) is 2.81. The van der Waals surface area contributed by atoms with Crippen LogP contribution in [0.5, 0.6) is 0 Å². The molecule has 0 radical (unpaired) electrons. The normalized spacial score (nSPS) is 29.6. The van der Waals surface area contributed by atoms with Crippen molar-refractivity contribution < 1.29 is 0 Å². The Morgan fingerprint density at radius 1 is 1.12 bits per heavy atom. The first kappa shape index (κ1) is 10.3. The fraction of sp³-hybridized carbons (Fsp3) is 0.571. The number of nitrogens with zero attached hydrogens (tertiary/aromatic N) is 1. The number of benzene rings is 1. The van der Waals surface area contributed by atoms with Crippen LogP contribution in [0, 0.1) is 18.8 Å². The molecule has 86 valence electrons. The van der Waals surface area contributed by atoms with Gasteiger partial charge in [0.05, 0.1) is 0 Å². The number of likely N-dealkylation sites (tertiary alicyclic amines) is 1. The number of hydrogen-bond acceptors (Lipinski definition) is 2. The zero-order valence-electron chi connectivity index (χ0n) is 9.95. The molecule has 2 nitrogen and oxygen atoms in total. The van der Waals surface area contributed by atoms with E-state index in [1.807, 2.05) is 0 Å². The van der Waals surface area contributed by atoms with Gasteiger partial charge in [-0.3, -0.25) is 4.90 Å². The fourth-order valence-corrected chi connectivity index (χ4v) is 3.03. The van der Waals surface area contributed by atoms with Crippen LogP contribution in [0.15, 0.2) is 24.3 Å². The Hall–Kier alpha value is -0.860. The van der Waals surface area contributed by atoms with E-state index in [1.165, 1.54) is 37.3 Å². The van der Waals surface area contributed by atoms with Gasteiger partial charge in [0.2, 0.25) is 0 Å². The summed E-state index contributed by atoms with van der Waals surface area (Å²) >= 11 is 0. The van der Waals surface area contributed by atoms with Crippen molar-refractivity contribution in [1.29, 1.82) is 0 Å². The summed E-state index contributed by atoms with van der Waals surface area (Å²) in [7, 11) is 0. The first-order valence-corrected chi connectivity index (χ1v) is 6.30. The smallest absolute Gasteiger partial charge is 0.0233 e. The molecule has 1 aromatic rings. The van der Waals surface area contributed by atoms with Crippen molar-refractivity contribution in [2.24, 2.45) is 11.8 Å². The highest BCUT2D eigenvalue weighted by molar-refractivity contribution is 5.21. The second kappa shape index (κ2) is 4.19. The van der Waals surface area contributed by atoms with E-state index in [0.29, 0.717) is 0 Å². The number of rotatable bonds is 2. The summed E-state index contributed by atoms with van der Waals surface area (Å²) in [6, 6.07) is 8.96. The second-order valence-corrected chi connectivity index (χ2v) is 5.36. The van der Waals surface area contributed by atoms with Gasteiger partial charge >= 0.3 is 0 Å². The van der Waals surface area contributed by atoms with Crippen molar-refractivity contribution in [1.82, 2.24) is 10.2 Å². The van der Waals surface area contributed by atoms with Gasteiger partial charge in [0.15, 0.2) is 0 Å². The monoisotopic (exact) mass is 216 g/mol. The van der Waals surface area contributed by atoms with Crippen LogP contribution in [0.1, 0.15) is 11.1 Å². The highest BCUT2D eigenvalue weighted by atomic mass is 15.2. The third-order valence-electron chi connectivity index (χ3n) is 3.99. The quantitative estimate of drug-likeness (QED) is 0.808. The SMILES string of the molecule is Cc1ccc(CN2C[C@H]3CNC[C@@H]3C2)cc1. The number of fused-ring (bicyclic) bond motifs is 1. The van der Waals surface area contributed by atoms with Gasteiger partial charge in [0.1, 0.15) is 0 Å². The van der Waals surface area contributed by atoms with Crippen molar-refractivity contribution in [3.8, 4) is 0 Å². The Morgan fingerprint density at radius 3 is 2.38 bits per heavy atom. The summed E-state index contributed by atoms with van der Waals surface area (Å²) < 4.78 is 0. The Bertz CT molecular complexity index is 346. The molecular weight excluding hydrogens is 196 g/mol. The van der Waals surface area contributed by atoms with E-state index in [1.54, 1.807) is 0 Å². The van der Waals surface area contributed by atoms with Crippen molar-refractivity contribution in [2.75, 3.05) is 26.2 Å². The Balaban J connectivity index is 1.62. The Morgan fingerprint density at radius 2 is 1.75 bits per heavy atom. The average molecular weight is 216 g/mol. The lowest BCUT2D eigenvalue weighted by Crippen LogP contribution is -2.25. The number of nitrogens with one attached hydrogen (secondary N) is 1. The van der Waals surface area contributed by atoms with Crippen LogP contribution in [0.3, 0.4) is 0 Å². The van der Waals surface area contributed by atoms with E-state index in [2.05, 4.69) is 41.4 Å². The van der Waals surface area contributed by atoms with E-state index < -0.39 is 0 Å². The largest absolute Gasteiger partial charge is 0.316 e. The first-order chi connectivity index (χ1) is 7.81. The molecule has 0 bridgehead atoms. The molecule has 16 heavy (non-hydrogen) atoms. The summed E-state index contributed by atoms with van der Waals surface area (Å²) in [6.07, 6.45) is 0. The molecule has 2 fully saturated rings. The van der Waals surface area contributed by atoms with Gasteiger partial charge < -0.3 is 5.32 Å². The molecule has 1 aromatic carbocycles. The maximum Gasteiger partial charge on any atom is 0.0233 e. The Labute approximate surface area is 97.6 Å². The molecular formula is C14H20N2. The average Bonchev–Trinajstić information content (AvgIpc) is 2.81. The van der Waals surface area contributed by atoms with Gasteiger partial charge in [-0.25, -0.2) is 0 Å². The molecule has 0 aliphatic carbocycles. The molecule has 2 heteroatoms. The fourth-order valence-electron chi connectivity index (χ4n) is 3.03. The zero-order valence-corrected chi connectivity index (χ0v) is 9.95. The lowest BCUT2D eigenvalue weighted by Gasteiger charge is -2.16. The van der Waals surface area contributed by atoms with Gasteiger partial charge in [-0.15, -0.1) is 0 Å². The third-order valence-corrected chi connectivity index (χ3v) is 3.99. The lowest BCUT2D eigenvalue weighted by molar-refractivity contribution is 0.305. The molecule has 0 aromatic heterocycles. The topological polar surface area (TPSA) is 15.3 Å². The number of hydrogen-bond donors (Lipinski definition) is 1. The van der Waals surface area contributed by atoms with Gasteiger partial charge in [0.25, 0.3) is 0 Å². The minimum Gasteiger partial charge on any atom is -0.316 e. The third kappa shape index (κ3) is 2.00. The molecule has 0 saturated carbocycles. The van der Waals surface area contributed by atoms with Crippen molar-refractivity contribution in [3.63, 3.8) is 0 Å². The van der Waals surface area contributed by atoms with Crippen LogP contribution < -0.4 is 5.32 Å². The van der Waals surface area contributed by atoms with Crippen LogP contribution in [0.2, 0.25) is 0 Å². The summed E-state index contributed by atoms with van der Waals surface area (Å²) in [5, 5.41) is 3.49. The highest BCUT2D eigenvalue weighted by Gasteiger charge is 2.35. The number of aryl methyl sites for hydroxylation is 1. The van der Waals surface area contributed by atoms with E-state index >= 15 is 0 Å². The van der Waals surface area contributed by atoms with Crippen LogP contribution >= 0.6 is 0 Å². The first-order valence-electron chi connectivity index (χ1n) is 6.30. The molecule has 2 heterocycles. The molecule has 2 aliphatic rings. The minimum absolute atomic E-state index is 0.908. The van der Waals surface area contributed by atoms with Gasteiger partial charge in [0, 0.05) is 19.6 Å². The highest BCUT2D eigenvalue weighted by Crippen LogP contribution is 2.27. The van der Waals surface area contributed by atoms with Crippen molar-refractivity contribution >= 4 is 0 Å². The summed E-state index contributed by atoms with van der Waals surface area (Å²) in [6.45, 7) is 8.31.